The van der Waals surface area contributed by atoms with Gasteiger partial charge >= 0.3 is 6.09 Å². The maximum absolute atomic E-state index is 12.4. The van der Waals surface area contributed by atoms with Gasteiger partial charge in [-0.1, -0.05) is 0 Å². The fourth-order valence-electron chi connectivity index (χ4n) is 3.52. The zero-order valence-electron chi connectivity index (χ0n) is 14.1. The van der Waals surface area contributed by atoms with Crippen molar-refractivity contribution in [3.63, 3.8) is 0 Å². The molecule has 0 aromatic carbocycles. The molecule has 5 nitrogen and oxygen atoms in total. The molecule has 0 aromatic rings. The topological polar surface area (TPSA) is 58.8 Å². The Balaban J connectivity index is 2.01. The first-order valence-electron chi connectivity index (χ1n) is 8.18. The van der Waals surface area contributed by atoms with Crippen LogP contribution in [-0.4, -0.2) is 58.8 Å². The van der Waals surface area contributed by atoms with Gasteiger partial charge in [-0.05, 0) is 53.9 Å². The molecule has 0 spiro atoms. The smallest absolute Gasteiger partial charge is 0.410 e. The van der Waals surface area contributed by atoms with Crippen LogP contribution in [0.4, 0.5) is 4.79 Å². The van der Waals surface area contributed by atoms with E-state index in [-0.39, 0.29) is 18.2 Å². The molecule has 2 heterocycles. The van der Waals surface area contributed by atoms with Gasteiger partial charge in [0, 0.05) is 37.3 Å². The maximum atomic E-state index is 12.4. The second-order valence-corrected chi connectivity index (χ2v) is 7.75. The highest BCUT2D eigenvalue weighted by atomic mass is 16.6. The first-order chi connectivity index (χ1) is 9.67. The highest BCUT2D eigenvalue weighted by molar-refractivity contribution is 5.69. The molecule has 2 aliphatic rings. The van der Waals surface area contributed by atoms with E-state index in [2.05, 4.69) is 18.7 Å². The molecule has 0 unspecified atom stereocenters. The summed E-state index contributed by atoms with van der Waals surface area (Å²) >= 11 is 0. The molecule has 1 amide bonds. The van der Waals surface area contributed by atoms with Crippen molar-refractivity contribution in [2.75, 3.05) is 13.1 Å². The van der Waals surface area contributed by atoms with Crippen LogP contribution in [0, 0.1) is 0 Å². The van der Waals surface area contributed by atoms with Crippen LogP contribution in [0.5, 0.6) is 0 Å². The first-order valence-corrected chi connectivity index (χ1v) is 8.18. The Kier molecular flexibility index (Phi) is 4.83. The monoisotopic (exact) mass is 297 g/mol. The Hall–Kier alpha value is -0.810. The molecule has 0 saturated carbocycles. The number of ether oxygens (including phenoxy) is 1. The van der Waals surface area contributed by atoms with Crippen molar-refractivity contribution in [1.29, 1.82) is 0 Å². The van der Waals surface area contributed by atoms with E-state index in [1.807, 2.05) is 25.7 Å². The van der Waals surface area contributed by atoms with Crippen LogP contribution in [0.2, 0.25) is 0 Å². The summed E-state index contributed by atoms with van der Waals surface area (Å²) in [5, 5.41) is 0. The molecule has 2 saturated heterocycles. The number of hydrogen-bond acceptors (Lipinski definition) is 4. The molecule has 122 valence electrons. The van der Waals surface area contributed by atoms with E-state index in [0.29, 0.717) is 18.6 Å². The predicted molar refractivity (Wildman–Crippen MR) is 84.2 cm³/mol. The molecule has 2 N–H and O–H groups in total. The van der Waals surface area contributed by atoms with Crippen LogP contribution in [-0.2, 0) is 4.74 Å². The minimum Gasteiger partial charge on any atom is -0.444 e. The van der Waals surface area contributed by atoms with E-state index < -0.39 is 5.60 Å². The van der Waals surface area contributed by atoms with E-state index in [0.717, 1.165) is 13.0 Å². The van der Waals surface area contributed by atoms with Gasteiger partial charge in [0.25, 0.3) is 0 Å². The summed E-state index contributed by atoms with van der Waals surface area (Å²) < 4.78 is 5.53. The number of likely N-dealkylation sites (tertiary alicyclic amines) is 2. The van der Waals surface area contributed by atoms with E-state index in [4.69, 9.17) is 10.5 Å². The summed E-state index contributed by atoms with van der Waals surface area (Å²) in [6.45, 7) is 11.8. The van der Waals surface area contributed by atoms with Crippen molar-refractivity contribution in [2.45, 2.75) is 83.6 Å². The van der Waals surface area contributed by atoms with Gasteiger partial charge in [0.1, 0.15) is 5.60 Å². The van der Waals surface area contributed by atoms with Crippen molar-refractivity contribution in [1.82, 2.24) is 9.80 Å². The second-order valence-electron chi connectivity index (χ2n) is 7.75. The van der Waals surface area contributed by atoms with Gasteiger partial charge < -0.3 is 15.4 Å². The third-order valence-corrected chi connectivity index (χ3v) is 4.63. The zero-order chi connectivity index (χ0) is 15.8. The van der Waals surface area contributed by atoms with Crippen molar-refractivity contribution in [3.8, 4) is 0 Å². The highest BCUT2D eigenvalue weighted by Gasteiger charge is 2.39. The van der Waals surface area contributed by atoms with E-state index in [1.54, 1.807) is 0 Å². The quantitative estimate of drug-likeness (QED) is 0.849. The number of amides is 1. The third-order valence-electron chi connectivity index (χ3n) is 4.63. The Labute approximate surface area is 128 Å². The lowest BCUT2D eigenvalue weighted by Crippen LogP contribution is -2.47. The summed E-state index contributed by atoms with van der Waals surface area (Å²) in [6.07, 6.45) is 3.13. The van der Waals surface area contributed by atoms with Crippen LogP contribution in [0.1, 0.15) is 53.9 Å². The minimum absolute atomic E-state index is 0.0655. The van der Waals surface area contributed by atoms with Crippen LogP contribution < -0.4 is 5.73 Å². The Morgan fingerprint density at radius 3 is 2.33 bits per heavy atom. The van der Waals surface area contributed by atoms with Crippen LogP contribution >= 0.6 is 0 Å². The molecular weight excluding hydrogens is 266 g/mol. The Morgan fingerprint density at radius 2 is 1.81 bits per heavy atom. The molecule has 5 heteroatoms. The summed E-state index contributed by atoms with van der Waals surface area (Å²) in [5.74, 6) is 0. The number of nitrogens with two attached hydrogens (primary N) is 1. The number of nitrogens with zero attached hydrogens (tertiary/aromatic N) is 2. The fourth-order valence-corrected chi connectivity index (χ4v) is 3.52. The molecule has 2 aliphatic heterocycles. The van der Waals surface area contributed by atoms with Crippen LogP contribution in [0.25, 0.3) is 0 Å². The minimum atomic E-state index is -0.456. The fraction of sp³-hybridized carbons (Fsp3) is 0.938. The highest BCUT2D eigenvalue weighted by Crippen LogP contribution is 2.27. The number of hydrogen-bond donors (Lipinski definition) is 1. The lowest BCUT2D eigenvalue weighted by molar-refractivity contribution is 0.0181. The second kappa shape index (κ2) is 6.13. The van der Waals surface area contributed by atoms with Gasteiger partial charge in [0.15, 0.2) is 0 Å². The summed E-state index contributed by atoms with van der Waals surface area (Å²) in [5.41, 5.74) is 5.64. The van der Waals surface area contributed by atoms with Crippen LogP contribution in [0.3, 0.4) is 0 Å². The summed E-state index contributed by atoms with van der Waals surface area (Å²) in [7, 11) is 0. The van der Waals surface area contributed by atoms with Crippen molar-refractivity contribution >= 4 is 6.09 Å². The lowest BCUT2D eigenvalue weighted by Gasteiger charge is -2.34. The first kappa shape index (κ1) is 16.6. The predicted octanol–water partition coefficient (Wildman–Crippen LogP) is 2.20. The van der Waals surface area contributed by atoms with Crippen molar-refractivity contribution in [2.24, 2.45) is 5.73 Å². The average Bonchev–Trinajstić information content (AvgIpc) is 2.85. The number of carbonyl (C=O) groups excluding carboxylic acids is 1. The molecule has 0 bridgehead atoms. The van der Waals surface area contributed by atoms with E-state index >= 15 is 0 Å². The van der Waals surface area contributed by atoms with Gasteiger partial charge in [0.05, 0.1) is 0 Å². The third kappa shape index (κ3) is 4.10. The average molecular weight is 297 g/mol. The largest absolute Gasteiger partial charge is 0.444 e. The summed E-state index contributed by atoms with van der Waals surface area (Å²) in [6, 6.07) is 1.43. The van der Waals surface area contributed by atoms with Gasteiger partial charge in [-0.15, -0.1) is 0 Å². The molecule has 0 aliphatic carbocycles. The molecule has 0 aromatic heterocycles. The normalized spacial score (nSPS) is 34.5. The molecule has 4 atom stereocenters. The Bertz CT molecular complexity index is 370. The number of carbonyl (C=O) groups is 1. The van der Waals surface area contributed by atoms with Gasteiger partial charge in [-0.2, -0.15) is 0 Å². The molecule has 21 heavy (non-hydrogen) atoms. The van der Waals surface area contributed by atoms with Crippen molar-refractivity contribution in [3.05, 3.63) is 0 Å². The SMILES string of the molecule is C[C@H]1CC[C@H](C)N1C[C@H]1C[C@@H](N)CN1C(=O)OC(C)(C)C. The standard InChI is InChI=1S/C16H31N3O2/c1-11-6-7-12(2)18(11)10-14-8-13(17)9-19(14)15(20)21-16(3,4)5/h11-14H,6-10,17H2,1-5H3/t11-,12-,13+,14+/m0/s1. The van der Waals surface area contributed by atoms with Crippen LogP contribution in [0.15, 0.2) is 0 Å². The molecule has 2 rings (SSSR count). The van der Waals surface area contributed by atoms with E-state index in [1.165, 1.54) is 12.8 Å². The molecule has 2 fully saturated rings. The lowest BCUT2D eigenvalue weighted by atomic mass is 10.1. The molecular formula is C16H31N3O2. The molecule has 0 radical (unpaired) electrons. The van der Waals surface area contributed by atoms with Gasteiger partial charge in [-0.25, -0.2) is 4.79 Å². The summed E-state index contributed by atoms with van der Waals surface area (Å²) in [4.78, 5) is 16.7. The Morgan fingerprint density at radius 1 is 1.24 bits per heavy atom. The van der Waals surface area contributed by atoms with E-state index in [9.17, 15) is 4.79 Å². The van der Waals surface area contributed by atoms with Gasteiger partial charge in [-0.3, -0.25) is 4.90 Å². The number of rotatable bonds is 2. The maximum Gasteiger partial charge on any atom is 0.410 e. The van der Waals surface area contributed by atoms with Crippen molar-refractivity contribution < 1.29 is 9.53 Å². The zero-order valence-corrected chi connectivity index (χ0v) is 14.1. The van der Waals surface area contributed by atoms with Gasteiger partial charge in [0.2, 0.25) is 0 Å².